The van der Waals surface area contributed by atoms with Crippen molar-refractivity contribution in [1.29, 1.82) is 0 Å². The second kappa shape index (κ2) is 8.92. The molecule has 2 aromatic carbocycles. The Morgan fingerprint density at radius 3 is 1.48 bits per heavy atom. The number of rotatable bonds is 9. The van der Waals surface area contributed by atoms with Crippen LogP contribution in [0.5, 0.6) is 0 Å². The van der Waals surface area contributed by atoms with Gasteiger partial charge in [-0.2, -0.15) is 0 Å². The zero-order chi connectivity index (χ0) is 20.3. The molecular formula is C23H37N3O. The van der Waals surface area contributed by atoms with Crippen LogP contribution in [0.3, 0.4) is 0 Å². The summed E-state index contributed by atoms with van der Waals surface area (Å²) in [5, 5.41) is 11.0. The van der Waals surface area contributed by atoms with Crippen LogP contribution in [0.25, 0.3) is 0 Å². The number of aliphatic hydroxyl groups excluding tert-OH is 1. The number of aliphatic hydroxyl groups is 1. The predicted octanol–water partition coefficient (Wildman–Crippen LogP) is 4.44. The number of anilines is 2. The summed E-state index contributed by atoms with van der Waals surface area (Å²) in [6.07, 6.45) is 0. The van der Waals surface area contributed by atoms with Crippen molar-refractivity contribution < 1.29 is 5.11 Å². The second-order valence-electron chi connectivity index (χ2n) is 8.47. The molecule has 0 aliphatic heterocycles. The Kier molecular flexibility index (Phi) is 7.10. The van der Waals surface area contributed by atoms with Crippen LogP contribution in [-0.4, -0.2) is 35.9 Å². The van der Waals surface area contributed by atoms with Gasteiger partial charge in [-0.3, -0.25) is 4.99 Å². The summed E-state index contributed by atoms with van der Waals surface area (Å²) in [5.74, 6) is 0. The molecule has 0 saturated heterocycles. The lowest BCUT2D eigenvalue weighted by Gasteiger charge is -2.33. The average molecular weight is 372 g/mol. The minimum Gasteiger partial charge on any atom is -0.394 e. The van der Waals surface area contributed by atoms with Gasteiger partial charge in [-0.15, -0.1) is 0 Å². The third-order valence-electron chi connectivity index (χ3n) is 4.99. The summed E-state index contributed by atoms with van der Waals surface area (Å²) in [6, 6.07) is 11.4. The van der Waals surface area contributed by atoms with Crippen LogP contribution in [0, 0.1) is 0 Å². The van der Waals surface area contributed by atoms with Crippen molar-refractivity contribution in [2.45, 2.75) is 85.6 Å². The Balaban J connectivity index is 2.57. The smallest absolute Gasteiger partial charge is 0.109 e. The van der Waals surface area contributed by atoms with E-state index in [-0.39, 0.29) is 12.6 Å². The second-order valence-corrected chi connectivity index (χ2v) is 8.47. The molecule has 150 valence electrons. The minimum absolute atomic E-state index is 0.0147. The first-order chi connectivity index (χ1) is 12.7. The third kappa shape index (κ3) is 4.73. The molecule has 2 rings (SSSR count). The van der Waals surface area contributed by atoms with Gasteiger partial charge in [0.05, 0.1) is 24.0 Å². The molecule has 27 heavy (non-hydrogen) atoms. The summed E-state index contributed by atoms with van der Waals surface area (Å²) < 4.78 is 0. The summed E-state index contributed by atoms with van der Waals surface area (Å²) >= 11 is 0. The molecule has 0 heterocycles. The van der Waals surface area contributed by atoms with E-state index in [0.717, 1.165) is 10.9 Å². The van der Waals surface area contributed by atoms with E-state index in [2.05, 4.69) is 65.2 Å². The number of hydrogen-bond acceptors (Lipinski definition) is 4. The molecule has 0 spiro atoms. The largest absolute Gasteiger partial charge is 0.394 e. The van der Waals surface area contributed by atoms with Crippen LogP contribution in [0.4, 0.5) is 11.4 Å². The molecule has 0 aliphatic carbocycles. The van der Waals surface area contributed by atoms with Gasteiger partial charge in [-0.1, -0.05) is 30.3 Å². The Bertz CT molecular complexity index is 673. The molecule has 0 radical (unpaired) electrons. The van der Waals surface area contributed by atoms with Crippen LogP contribution in [-0.2, 0) is 0 Å². The first-order valence-corrected chi connectivity index (χ1v) is 10.3. The summed E-state index contributed by atoms with van der Waals surface area (Å²) in [4.78, 5) is 9.92. The van der Waals surface area contributed by atoms with Crippen molar-refractivity contribution in [3.63, 3.8) is 0 Å². The molecule has 1 N–H and O–H groups in total. The zero-order valence-electron chi connectivity index (χ0n) is 18.3. The summed E-state index contributed by atoms with van der Waals surface area (Å²) in [6.45, 7) is 17.9. The monoisotopic (exact) mass is 371 g/mol. The van der Waals surface area contributed by atoms with Crippen LogP contribution < -0.4 is 15.2 Å². The molecule has 0 bridgehead atoms. The Labute approximate surface area is 165 Å². The maximum atomic E-state index is 9.99. The summed E-state index contributed by atoms with van der Waals surface area (Å²) in [7, 11) is 0. The van der Waals surface area contributed by atoms with Crippen molar-refractivity contribution >= 4 is 11.4 Å². The molecular weight excluding hydrogens is 334 g/mol. The van der Waals surface area contributed by atoms with E-state index in [4.69, 9.17) is 4.99 Å². The summed E-state index contributed by atoms with van der Waals surface area (Å²) in [5.41, 5.74) is 3.55. The zero-order valence-corrected chi connectivity index (χ0v) is 18.3. The van der Waals surface area contributed by atoms with Crippen LogP contribution in [0.1, 0.15) is 67.0 Å². The highest BCUT2D eigenvalue weighted by molar-refractivity contribution is 5.86. The number of benzene rings is 1. The van der Waals surface area contributed by atoms with Gasteiger partial charge in [0.15, 0.2) is 0 Å². The quantitative estimate of drug-likeness (QED) is 0.708. The highest BCUT2D eigenvalue weighted by atomic mass is 16.3. The first kappa shape index (κ1) is 21.5. The van der Waals surface area contributed by atoms with Crippen molar-refractivity contribution in [2.24, 2.45) is 4.99 Å². The van der Waals surface area contributed by atoms with Gasteiger partial charge < -0.3 is 14.9 Å². The molecule has 0 amide bonds. The maximum Gasteiger partial charge on any atom is 0.109 e. The topological polar surface area (TPSA) is 39.1 Å². The fraction of sp³-hybridized carbons (Fsp3) is 0.609. The van der Waals surface area contributed by atoms with Crippen molar-refractivity contribution in [2.75, 3.05) is 16.4 Å². The lowest BCUT2D eigenvalue weighted by molar-refractivity contribution is 0.267. The molecule has 1 atom stereocenters. The minimum atomic E-state index is -0.226. The molecule has 0 aromatic heterocycles. The van der Waals surface area contributed by atoms with E-state index in [0.29, 0.717) is 24.2 Å². The Morgan fingerprint density at radius 2 is 1.15 bits per heavy atom. The predicted molar refractivity (Wildman–Crippen MR) is 116 cm³/mol. The van der Waals surface area contributed by atoms with Crippen molar-refractivity contribution in [3.05, 3.63) is 41.3 Å². The maximum absolute atomic E-state index is 9.99. The molecule has 4 heteroatoms. The highest BCUT2D eigenvalue weighted by Gasteiger charge is 2.35. The Hall–Kier alpha value is -1.81. The molecule has 4 nitrogen and oxygen atoms in total. The van der Waals surface area contributed by atoms with Crippen molar-refractivity contribution in [3.8, 4) is 0 Å². The van der Waals surface area contributed by atoms with Crippen LogP contribution in [0.15, 0.2) is 35.3 Å². The van der Waals surface area contributed by atoms with Gasteiger partial charge in [0.25, 0.3) is 0 Å². The third-order valence-corrected chi connectivity index (χ3v) is 4.99. The standard InChI is InChI=1S/C23H37N3O/c1-15(2)25(16(3)4)22-21(23(22)26(17(5)6)18(7)8)24-20(14-27)19-12-10-9-11-13-19/h9-13,15-18,20,27H,14H2,1-8H3/t20-/m1/s1. The molecule has 0 aliphatic rings. The molecule has 0 fully saturated rings. The van der Waals surface area contributed by atoms with Gasteiger partial charge in [-0.05, 0) is 61.0 Å². The van der Waals surface area contributed by atoms with Crippen LogP contribution in [0.2, 0.25) is 0 Å². The fourth-order valence-electron chi connectivity index (χ4n) is 4.05. The van der Waals surface area contributed by atoms with Gasteiger partial charge in [0, 0.05) is 24.2 Å². The number of nitrogens with zero attached hydrogens (tertiary/aromatic N) is 3. The lowest BCUT2D eigenvalue weighted by Crippen LogP contribution is -2.38. The average Bonchev–Trinajstić information content (AvgIpc) is 3.24. The van der Waals surface area contributed by atoms with E-state index < -0.39 is 0 Å². The van der Waals surface area contributed by atoms with Crippen molar-refractivity contribution in [1.82, 2.24) is 0 Å². The first-order valence-electron chi connectivity index (χ1n) is 10.3. The molecule has 0 saturated carbocycles. The normalized spacial score (nSPS) is 13.2. The van der Waals surface area contributed by atoms with E-state index in [1.807, 2.05) is 30.3 Å². The van der Waals surface area contributed by atoms with Gasteiger partial charge in [-0.25, -0.2) is 0 Å². The lowest BCUT2D eigenvalue weighted by atomic mass is 10.1. The van der Waals surface area contributed by atoms with E-state index in [9.17, 15) is 5.11 Å². The van der Waals surface area contributed by atoms with Gasteiger partial charge in [0.2, 0.25) is 0 Å². The highest BCUT2D eigenvalue weighted by Crippen LogP contribution is 2.38. The van der Waals surface area contributed by atoms with E-state index >= 15 is 0 Å². The van der Waals surface area contributed by atoms with Crippen LogP contribution >= 0.6 is 0 Å². The van der Waals surface area contributed by atoms with E-state index in [1.54, 1.807) is 0 Å². The molecule has 2 aromatic rings. The SMILES string of the molecule is CC(C)N(c1c(N(C(C)C)C(C)C)c1=N[C@H](CO)c1ccccc1)C(C)C. The Morgan fingerprint density at radius 1 is 0.741 bits per heavy atom. The number of hydrogen-bond donors (Lipinski definition) is 1. The van der Waals surface area contributed by atoms with Gasteiger partial charge >= 0.3 is 0 Å². The molecule has 0 unspecified atom stereocenters. The van der Waals surface area contributed by atoms with E-state index in [1.165, 1.54) is 11.4 Å². The van der Waals surface area contributed by atoms with Gasteiger partial charge in [0.1, 0.15) is 5.36 Å². The fourth-order valence-corrected chi connectivity index (χ4v) is 4.05.